The third-order valence-electron chi connectivity index (χ3n) is 3.62. The molecule has 0 aromatic heterocycles. The van der Waals surface area contributed by atoms with Crippen LogP contribution >= 0.6 is 0 Å². The summed E-state index contributed by atoms with van der Waals surface area (Å²) in [6.45, 7) is 4.21. The third-order valence-corrected chi connectivity index (χ3v) is 3.62. The second-order valence-electron chi connectivity index (χ2n) is 5.06. The number of rotatable bonds is 5. The van der Waals surface area contributed by atoms with Gasteiger partial charge in [0.1, 0.15) is 0 Å². The first kappa shape index (κ1) is 13.2. The maximum Gasteiger partial charge on any atom is 0.240 e. The SMILES string of the molecule is CCCCCC1=CCC(C)(C(=O)NN)CC1. The maximum absolute atomic E-state index is 11.6. The van der Waals surface area contributed by atoms with Gasteiger partial charge in [-0.1, -0.05) is 38.3 Å². The summed E-state index contributed by atoms with van der Waals surface area (Å²) in [5, 5.41) is 0. The highest BCUT2D eigenvalue weighted by Gasteiger charge is 2.33. The van der Waals surface area contributed by atoms with Gasteiger partial charge < -0.3 is 0 Å². The van der Waals surface area contributed by atoms with E-state index in [-0.39, 0.29) is 11.3 Å². The van der Waals surface area contributed by atoms with Gasteiger partial charge in [-0.15, -0.1) is 0 Å². The molecule has 3 nitrogen and oxygen atoms in total. The molecule has 92 valence electrons. The molecule has 0 radical (unpaired) electrons. The molecule has 0 saturated heterocycles. The smallest absolute Gasteiger partial charge is 0.240 e. The van der Waals surface area contributed by atoms with E-state index in [1.165, 1.54) is 31.3 Å². The molecule has 0 saturated carbocycles. The van der Waals surface area contributed by atoms with Crippen LogP contribution in [-0.4, -0.2) is 5.91 Å². The van der Waals surface area contributed by atoms with Crippen molar-refractivity contribution in [2.24, 2.45) is 11.3 Å². The Bertz CT molecular complexity index is 273. The molecule has 1 amide bonds. The van der Waals surface area contributed by atoms with Crippen LogP contribution in [0, 0.1) is 5.41 Å². The molecule has 0 aromatic carbocycles. The summed E-state index contributed by atoms with van der Waals surface area (Å²) < 4.78 is 0. The quantitative estimate of drug-likeness (QED) is 0.248. The van der Waals surface area contributed by atoms with Crippen LogP contribution in [0.3, 0.4) is 0 Å². The Morgan fingerprint density at radius 2 is 2.31 bits per heavy atom. The van der Waals surface area contributed by atoms with E-state index in [1.807, 2.05) is 6.92 Å². The number of amides is 1. The zero-order chi connectivity index (χ0) is 12.0. The van der Waals surface area contributed by atoms with Gasteiger partial charge in [-0.2, -0.15) is 0 Å². The predicted octanol–water partition coefficient (Wildman–Crippen LogP) is 2.67. The molecule has 0 bridgehead atoms. The minimum atomic E-state index is -0.289. The lowest BCUT2D eigenvalue weighted by molar-refractivity contribution is -0.130. The van der Waals surface area contributed by atoms with Crippen LogP contribution in [0.5, 0.6) is 0 Å². The van der Waals surface area contributed by atoms with Gasteiger partial charge in [0, 0.05) is 0 Å². The van der Waals surface area contributed by atoms with E-state index >= 15 is 0 Å². The van der Waals surface area contributed by atoms with Crippen molar-refractivity contribution in [2.45, 2.75) is 58.8 Å². The van der Waals surface area contributed by atoms with Crippen molar-refractivity contribution in [3.63, 3.8) is 0 Å². The molecule has 0 spiro atoms. The summed E-state index contributed by atoms with van der Waals surface area (Å²) >= 11 is 0. The Hall–Kier alpha value is -0.830. The van der Waals surface area contributed by atoms with Gasteiger partial charge in [-0.25, -0.2) is 5.84 Å². The number of allylic oxidation sites excluding steroid dienone is 2. The van der Waals surface area contributed by atoms with Crippen molar-refractivity contribution in [2.75, 3.05) is 0 Å². The second kappa shape index (κ2) is 6.04. The fourth-order valence-electron chi connectivity index (χ4n) is 2.22. The average molecular weight is 224 g/mol. The maximum atomic E-state index is 11.6. The summed E-state index contributed by atoms with van der Waals surface area (Å²) in [4.78, 5) is 11.6. The third kappa shape index (κ3) is 3.34. The molecule has 16 heavy (non-hydrogen) atoms. The van der Waals surface area contributed by atoms with Gasteiger partial charge in [-0.05, 0) is 32.1 Å². The zero-order valence-corrected chi connectivity index (χ0v) is 10.5. The van der Waals surface area contributed by atoms with Crippen LogP contribution in [0.25, 0.3) is 0 Å². The van der Waals surface area contributed by atoms with Gasteiger partial charge in [-0.3, -0.25) is 10.2 Å². The van der Waals surface area contributed by atoms with E-state index in [9.17, 15) is 4.79 Å². The Kier molecular flexibility index (Phi) is 5.00. The normalized spacial score (nSPS) is 25.1. The molecule has 0 fully saturated rings. The molecule has 1 unspecified atom stereocenters. The number of hydrogen-bond acceptors (Lipinski definition) is 2. The van der Waals surface area contributed by atoms with Crippen LogP contribution in [-0.2, 0) is 4.79 Å². The first-order valence-corrected chi connectivity index (χ1v) is 6.31. The van der Waals surface area contributed by atoms with E-state index in [4.69, 9.17) is 5.84 Å². The first-order chi connectivity index (χ1) is 7.62. The van der Waals surface area contributed by atoms with E-state index in [2.05, 4.69) is 18.4 Å². The van der Waals surface area contributed by atoms with Crippen molar-refractivity contribution in [3.8, 4) is 0 Å². The molecule has 1 atom stereocenters. The summed E-state index contributed by atoms with van der Waals surface area (Å²) in [7, 11) is 0. The Morgan fingerprint density at radius 3 is 2.81 bits per heavy atom. The molecule has 1 rings (SSSR count). The number of carbonyl (C=O) groups excluding carboxylic acids is 1. The first-order valence-electron chi connectivity index (χ1n) is 6.31. The topological polar surface area (TPSA) is 55.1 Å². The summed E-state index contributed by atoms with van der Waals surface area (Å²) in [5.41, 5.74) is 3.51. The highest BCUT2D eigenvalue weighted by molar-refractivity contribution is 5.82. The lowest BCUT2D eigenvalue weighted by Gasteiger charge is -2.30. The fourth-order valence-corrected chi connectivity index (χ4v) is 2.22. The number of hydrazine groups is 1. The summed E-state index contributed by atoms with van der Waals surface area (Å²) in [6.07, 6.45) is 10.1. The van der Waals surface area contributed by atoms with Gasteiger partial charge >= 0.3 is 0 Å². The van der Waals surface area contributed by atoms with E-state index in [0.29, 0.717) is 0 Å². The summed E-state index contributed by atoms with van der Waals surface area (Å²) in [5.74, 6) is 5.17. The van der Waals surface area contributed by atoms with Crippen molar-refractivity contribution in [1.29, 1.82) is 0 Å². The number of nitrogens with two attached hydrogens (primary N) is 1. The van der Waals surface area contributed by atoms with Gasteiger partial charge in [0.05, 0.1) is 5.41 Å². The molecular formula is C13H24N2O. The lowest BCUT2D eigenvalue weighted by atomic mass is 9.75. The fraction of sp³-hybridized carbons (Fsp3) is 0.769. The van der Waals surface area contributed by atoms with Crippen LogP contribution in [0.2, 0.25) is 0 Å². The van der Waals surface area contributed by atoms with E-state index in [0.717, 1.165) is 19.3 Å². The van der Waals surface area contributed by atoms with Crippen molar-refractivity contribution < 1.29 is 4.79 Å². The largest absolute Gasteiger partial charge is 0.294 e. The molecule has 1 aliphatic rings. The predicted molar refractivity (Wildman–Crippen MR) is 66.5 cm³/mol. The minimum Gasteiger partial charge on any atom is -0.294 e. The van der Waals surface area contributed by atoms with Crippen molar-refractivity contribution in [3.05, 3.63) is 11.6 Å². The van der Waals surface area contributed by atoms with Crippen LogP contribution < -0.4 is 11.3 Å². The van der Waals surface area contributed by atoms with Crippen LogP contribution in [0.15, 0.2) is 11.6 Å². The van der Waals surface area contributed by atoms with E-state index < -0.39 is 0 Å². The number of nitrogens with one attached hydrogen (secondary N) is 1. The Labute approximate surface area is 98.4 Å². The summed E-state index contributed by atoms with van der Waals surface area (Å²) in [6, 6.07) is 0. The molecule has 0 aromatic rings. The van der Waals surface area contributed by atoms with Gasteiger partial charge in [0.15, 0.2) is 0 Å². The van der Waals surface area contributed by atoms with Gasteiger partial charge in [0.2, 0.25) is 5.91 Å². The van der Waals surface area contributed by atoms with Crippen LogP contribution in [0.4, 0.5) is 0 Å². The molecule has 0 heterocycles. The monoisotopic (exact) mass is 224 g/mol. The van der Waals surface area contributed by atoms with Crippen molar-refractivity contribution >= 4 is 5.91 Å². The number of unbranched alkanes of at least 4 members (excludes halogenated alkanes) is 2. The number of carbonyl (C=O) groups is 1. The molecule has 3 heteroatoms. The molecule has 0 aliphatic heterocycles. The van der Waals surface area contributed by atoms with Gasteiger partial charge in [0.25, 0.3) is 0 Å². The highest BCUT2D eigenvalue weighted by atomic mass is 16.2. The van der Waals surface area contributed by atoms with E-state index in [1.54, 1.807) is 0 Å². The Balaban J connectivity index is 2.44. The van der Waals surface area contributed by atoms with Crippen LogP contribution in [0.1, 0.15) is 58.8 Å². The highest BCUT2D eigenvalue weighted by Crippen LogP contribution is 2.36. The zero-order valence-electron chi connectivity index (χ0n) is 10.5. The molecular weight excluding hydrogens is 200 g/mol. The molecule has 3 N–H and O–H groups in total. The molecule has 1 aliphatic carbocycles. The standard InChI is InChI=1S/C13H24N2O/c1-3-4-5-6-11-7-9-13(2,10-8-11)12(16)15-14/h7H,3-6,8-10,14H2,1-2H3,(H,15,16). The minimum absolute atomic E-state index is 0.0311. The number of hydrogen-bond donors (Lipinski definition) is 2. The lowest BCUT2D eigenvalue weighted by Crippen LogP contribution is -2.43. The van der Waals surface area contributed by atoms with Crippen molar-refractivity contribution in [1.82, 2.24) is 5.43 Å². The second-order valence-corrected chi connectivity index (χ2v) is 5.06. The average Bonchev–Trinajstić information content (AvgIpc) is 2.31. The Morgan fingerprint density at radius 1 is 1.56 bits per heavy atom.